The van der Waals surface area contributed by atoms with E-state index in [9.17, 15) is 18.0 Å². The summed E-state index contributed by atoms with van der Waals surface area (Å²) < 4.78 is 39.0. The van der Waals surface area contributed by atoms with Crippen molar-refractivity contribution in [1.29, 1.82) is 0 Å². The fraction of sp³-hybridized carbons (Fsp3) is 0.417. The molecule has 0 aliphatic heterocycles. The van der Waals surface area contributed by atoms with E-state index in [1.807, 2.05) is 6.92 Å². The van der Waals surface area contributed by atoms with Crippen molar-refractivity contribution in [3.63, 3.8) is 0 Å². The van der Waals surface area contributed by atoms with E-state index in [0.717, 1.165) is 5.56 Å². The molecule has 0 spiro atoms. The van der Waals surface area contributed by atoms with Gasteiger partial charge in [0.15, 0.2) is 0 Å². The molecule has 0 saturated carbocycles. The van der Waals surface area contributed by atoms with E-state index in [1.165, 1.54) is 0 Å². The second kappa shape index (κ2) is 5.86. The lowest BCUT2D eigenvalue weighted by Gasteiger charge is -2.14. The fourth-order valence-corrected chi connectivity index (χ4v) is 1.52. The topological polar surface area (TPSA) is 46.5 Å². The molecule has 0 radical (unpaired) electrons. The number of rotatable bonds is 5. The average molecular weight is 262 g/mol. The van der Waals surface area contributed by atoms with Gasteiger partial charge in [-0.25, -0.2) is 0 Å². The molecule has 0 saturated heterocycles. The lowest BCUT2D eigenvalue weighted by molar-refractivity contribution is -0.325. The molecular formula is C12H13F3O3. The zero-order chi connectivity index (χ0) is 13.8. The summed E-state index contributed by atoms with van der Waals surface area (Å²) in [5.74, 6) is -2.16. The number of hydrogen-bond acceptors (Lipinski definition) is 2. The lowest BCUT2D eigenvalue weighted by Crippen LogP contribution is -2.19. The van der Waals surface area contributed by atoms with Crippen molar-refractivity contribution in [3.05, 3.63) is 35.4 Å². The highest BCUT2D eigenvalue weighted by Crippen LogP contribution is 2.23. The Balaban J connectivity index is 2.66. The van der Waals surface area contributed by atoms with E-state index in [4.69, 9.17) is 5.11 Å². The maximum Gasteiger partial charge on any atom is 0.522 e. The second-order valence-corrected chi connectivity index (χ2v) is 3.88. The minimum atomic E-state index is -4.73. The number of benzene rings is 1. The molecule has 1 rings (SSSR count). The van der Waals surface area contributed by atoms with Gasteiger partial charge in [0.1, 0.15) is 0 Å². The van der Waals surface area contributed by atoms with Gasteiger partial charge in [-0.3, -0.25) is 9.53 Å². The first-order valence-corrected chi connectivity index (χ1v) is 5.29. The third-order valence-electron chi connectivity index (χ3n) is 2.45. The van der Waals surface area contributed by atoms with Gasteiger partial charge in [-0.05, 0) is 18.9 Å². The van der Waals surface area contributed by atoms with Crippen LogP contribution in [0.15, 0.2) is 24.3 Å². The van der Waals surface area contributed by atoms with Crippen LogP contribution in [-0.4, -0.2) is 24.0 Å². The SMILES string of the molecule is Cc1ccc(C(CCOC(F)(F)F)C(=O)O)cc1. The predicted octanol–water partition coefficient (Wildman–Crippen LogP) is 3.09. The number of carboxylic acid groups (broad SMARTS) is 1. The molecule has 1 atom stereocenters. The first-order chi connectivity index (χ1) is 8.29. The second-order valence-electron chi connectivity index (χ2n) is 3.88. The molecule has 1 aromatic carbocycles. The molecule has 18 heavy (non-hydrogen) atoms. The highest BCUT2D eigenvalue weighted by atomic mass is 19.4. The van der Waals surface area contributed by atoms with Crippen LogP contribution >= 0.6 is 0 Å². The third kappa shape index (κ3) is 4.75. The number of carboxylic acids is 1. The van der Waals surface area contributed by atoms with E-state index in [-0.39, 0.29) is 6.42 Å². The number of ether oxygens (including phenoxy) is 1. The predicted molar refractivity (Wildman–Crippen MR) is 58.2 cm³/mol. The molecule has 100 valence electrons. The molecular weight excluding hydrogens is 249 g/mol. The highest BCUT2D eigenvalue weighted by Gasteiger charge is 2.30. The monoisotopic (exact) mass is 262 g/mol. The van der Waals surface area contributed by atoms with Crippen molar-refractivity contribution in [3.8, 4) is 0 Å². The molecule has 0 heterocycles. The van der Waals surface area contributed by atoms with Crippen molar-refractivity contribution < 1.29 is 27.8 Å². The molecule has 6 heteroatoms. The third-order valence-corrected chi connectivity index (χ3v) is 2.45. The molecule has 0 fully saturated rings. The molecule has 1 aromatic rings. The van der Waals surface area contributed by atoms with Gasteiger partial charge in [-0.1, -0.05) is 29.8 Å². The Kier molecular flexibility index (Phi) is 4.72. The number of aliphatic carboxylic acids is 1. The summed E-state index contributed by atoms with van der Waals surface area (Å²) in [6.07, 6.45) is -4.95. The lowest BCUT2D eigenvalue weighted by atomic mass is 9.95. The van der Waals surface area contributed by atoms with Crippen molar-refractivity contribution in [2.75, 3.05) is 6.61 Å². The van der Waals surface area contributed by atoms with Crippen molar-refractivity contribution in [2.45, 2.75) is 25.6 Å². The van der Waals surface area contributed by atoms with Crippen LogP contribution in [0.1, 0.15) is 23.5 Å². The van der Waals surface area contributed by atoms with Gasteiger partial charge >= 0.3 is 12.3 Å². The van der Waals surface area contributed by atoms with E-state index in [1.54, 1.807) is 24.3 Å². The minimum Gasteiger partial charge on any atom is -0.481 e. The van der Waals surface area contributed by atoms with E-state index >= 15 is 0 Å². The summed E-state index contributed by atoms with van der Waals surface area (Å²) in [5, 5.41) is 8.99. The van der Waals surface area contributed by atoms with Crippen molar-refractivity contribution in [1.82, 2.24) is 0 Å². The maximum atomic E-state index is 11.8. The number of aryl methyl sites for hydroxylation is 1. The first-order valence-electron chi connectivity index (χ1n) is 5.29. The number of halogens is 3. The molecule has 0 bridgehead atoms. The van der Waals surface area contributed by atoms with Crippen LogP contribution in [0, 0.1) is 6.92 Å². The average Bonchev–Trinajstić information content (AvgIpc) is 2.24. The van der Waals surface area contributed by atoms with Gasteiger partial charge in [0.2, 0.25) is 0 Å². The fourth-order valence-electron chi connectivity index (χ4n) is 1.52. The largest absolute Gasteiger partial charge is 0.522 e. The summed E-state index contributed by atoms with van der Waals surface area (Å²) in [6, 6.07) is 6.63. The summed E-state index contributed by atoms with van der Waals surface area (Å²) in [6.45, 7) is 1.17. The molecule has 1 N–H and O–H groups in total. The van der Waals surface area contributed by atoms with Gasteiger partial charge in [0, 0.05) is 0 Å². The highest BCUT2D eigenvalue weighted by molar-refractivity contribution is 5.76. The Morgan fingerprint density at radius 1 is 1.33 bits per heavy atom. The van der Waals surface area contributed by atoms with Gasteiger partial charge in [0.25, 0.3) is 0 Å². The standard InChI is InChI=1S/C12H13F3O3/c1-8-2-4-9(5-3-8)10(11(16)17)6-7-18-12(13,14)15/h2-5,10H,6-7H2,1H3,(H,16,17). The maximum absolute atomic E-state index is 11.8. The van der Waals surface area contributed by atoms with Crippen LogP contribution in [0.3, 0.4) is 0 Å². The van der Waals surface area contributed by atoms with Gasteiger partial charge in [-0.2, -0.15) is 0 Å². The van der Waals surface area contributed by atoms with Gasteiger partial charge in [-0.15, -0.1) is 13.2 Å². The summed E-state index contributed by atoms with van der Waals surface area (Å²) in [4.78, 5) is 11.0. The molecule has 0 aliphatic rings. The zero-order valence-corrected chi connectivity index (χ0v) is 9.70. The van der Waals surface area contributed by atoms with Crippen LogP contribution in [0.2, 0.25) is 0 Å². The summed E-state index contributed by atoms with van der Waals surface area (Å²) in [5.41, 5.74) is 1.42. The van der Waals surface area contributed by atoms with Crippen LogP contribution in [0.5, 0.6) is 0 Å². The summed E-state index contributed by atoms with van der Waals surface area (Å²) in [7, 11) is 0. The first kappa shape index (κ1) is 14.5. The molecule has 1 unspecified atom stereocenters. The Morgan fingerprint density at radius 3 is 2.33 bits per heavy atom. The number of alkyl halides is 3. The zero-order valence-electron chi connectivity index (χ0n) is 9.70. The number of carbonyl (C=O) groups is 1. The van der Waals surface area contributed by atoms with Gasteiger partial charge in [0.05, 0.1) is 12.5 Å². The Bertz CT molecular complexity index is 398. The molecule has 3 nitrogen and oxygen atoms in total. The molecule has 0 amide bonds. The molecule has 0 aromatic heterocycles. The normalized spacial score (nSPS) is 13.3. The van der Waals surface area contributed by atoms with E-state index in [0.29, 0.717) is 5.56 Å². The minimum absolute atomic E-state index is 0.224. The quantitative estimate of drug-likeness (QED) is 0.887. The van der Waals surface area contributed by atoms with Crippen LogP contribution < -0.4 is 0 Å². The van der Waals surface area contributed by atoms with Crippen LogP contribution in [0.4, 0.5) is 13.2 Å². The van der Waals surface area contributed by atoms with E-state index in [2.05, 4.69) is 4.74 Å². The van der Waals surface area contributed by atoms with Gasteiger partial charge < -0.3 is 5.11 Å². The van der Waals surface area contributed by atoms with Crippen molar-refractivity contribution in [2.24, 2.45) is 0 Å². The molecule has 0 aliphatic carbocycles. The van der Waals surface area contributed by atoms with E-state index < -0.39 is 24.9 Å². The summed E-state index contributed by atoms with van der Waals surface area (Å²) >= 11 is 0. The smallest absolute Gasteiger partial charge is 0.481 e. The Morgan fingerprint density at radius 2 is 1.89 bits per heavy atom. The van der Waals surface area contributed by atoms with Crippen LogP contribution in [0.25, 0.3) is 0 Å². The Hall–Kier alpha value is -1.56. The Labute approximate surface area is 102 Å². The van der Waals surface area contributed by atoms with Crippen LogP contribution in [-0.2, 0) is 9.53 Å². The van der Waals surface area contributed by atoms with Crippen molar-refractivity contribution >= 4 is 5.97 Å². The number of hydrogen-bond donors (Lipinski definition) is 1.